The van der Waals surface area contributed by atoms with Crippen molar-refractivity contribution in [1.82, 2.24) is 14.9 Å². The molecule has 19 heavy (non-hydrogen) atoms. The van der Waals surface area contributed by atoms with Crippen LogP contribution in [0.2, 0.25) is 0 Å². The van der Waals surface area contributed by atoms with E-state index in [2.05, 4.69) is 39.0 Å². The van der Waals surface area contributed by atoms with Crippen molar-refractivity contribution in [3.63, 3.8) is 0 Å². The van der Waals surface area contributed by atoms with Crippen LogP contribution in [0.1, 0.15) is 20.3 Å². The highest BCUT2D eigenvalue weighted by molar-refractivity contribution is 14.1. The minimum Gasteiger partial charge on any atom is -0.354 e. The summed E-state index contributed by atoms with van der Waals surface area (Å²) in [5.41, 5.74) is 2.06. The number of amides is 1. The van der Waals surface area contributed by atoms with Crippen molar-refractivity contribution in [2.45, 2.75) is 32.9 Å². The van der Waals surface area contributed by atoms with Crippen LogP contribution in [0.5, 0.6) is 0 Å². The number of hydrogen-bond donors (Lipinski definition) is 2. The Morgan fingerprint density at radius 1 is 1.53 bits per heavy atom. The van der Waals surface area contributed by atoms with Crippen LogP contribution in [-0.4, -0.2) is 21.5 Å². The van der Waals surface area contributed by atoms with Crippen LogP contribution in [0.15, 0.2) is 18.2 Å². The van der Waals surface area contributed by atoms with Crippen LogP contribution < -0.4 is 5.32 Å². The molecule has 0 aliphatic rings. The fourth-order valence-corrected chi connectivity index (χ4v) is 2.76. The Labute approximate surface area is 130 Å². The van der Waals surface area contributed by atoms with Gasteiger partial charge < -0.3 is 14.9 Å². The lowest BCUT2D eigenvalue weighted by atomic mass is 10.3. The van der Waals surface area contributed by atoms with E-state index in [1.54, 1.807) is 0 Å². The van der Waals surface area contributed by atoms with Crippen molar-refractivity contribution in [2.75, 3.05) is 0 Å². The van der Waals surface area contributed by atoms with Gasteiger partial charge in [0.1, 0.15) is 0 Å². The number of hydrogen-bond acceptors (Lipinski definition) is 2. The number of fused-ring (bicyclic) bond motifs is 1. The molecule has 2 aromatic rings. The van der Waals surface area contributed by atoms with E-state index in [-0.39, 0.29) is 11.9 Å². The number of halogens is 1. The van der Waals surface area contributed by atoms with Crippen molar-refractivity contribution in [2.24, 2.45) is 0 Å². The average Bonchev–Trinajstić information content (AvgIpc) is 2.60. The smallest absolute Gasteiger partial charge is 0.221 e. The molecule has 0 aliphatic carbocycles. The van der Waals surface area contributed by atoms with Gasteiger partial charge in [-0.05, 0) is 66.9 Å². The number of imidazole rings is 1. The summed E-state index contributed by atoms with van der Waals surface area (Å²) in [6.45, 7) is 4.51. The van der Waals surface area contributed by atoms with Gasteiger partial charge in [-0.1, -0.05) is 0 Å². The summed E-state index contributed by atoms with van der Waals surface area (Å²) >= 11 is 7.58. The quantitative estimate of drug-likeness (QED) is 0.623. The minimum absolute atomic E-state index is 0.0526. The van der Waals surface area contributed by atoms with Gasteiger partial charge in [0.25, 0.3) is 0 Å². The van der Waals surface area contributed by atoms with Gasteiger partial charge in [0.15, 0.2) is 4.77 Å². The van der Waals surface area contributed by atoms with E-state index in [9.17, 15) is 4.79 Å². The second kappa shape index (κ2) is 6.04. The zero-order valence-corrected chi connectivity index (χ0v) is 13.8. The first-order valence-corrected chi connectivity index (χ1v) is 7.63. The maximum absolute atomic E-state index is 11.7. The Balaban J connectivity index is 2.19. The van der Waals surface area contributed by atoms with Crippen molar-refractivity contribution < 1.29 is 4.79 Å². The van der Waals surface area contributed by atoms with Gasteiger partial charge in [-0.3, -0.25) is 4.79 Å². The molecule has 6 heteroatoms. The summed E-state index contributed by atoms with van der Waals surface area (Å²) in [4.78, 5) is 14.9. The van der Waals surface area contributed by atoms with E-state index < -0.39 is 0 Å². The third-order valence-electron chi connectivity index (χ3n) is 2.75. The van der Waals surface area contributed by atoms with Crippen LogP contribution >= 0.6 is 34.8 Å². The molecular weight excluding hydrogens is 373 g/mol. The number of benzene rings is 1. The topological polar surface area (TPSA) is 49.8 Å². The summed E-state index contributed by atoms with van der Waals surface area (Å²) in [5, 5.41) is 2.88. The molecule has 1 aromatic heterocycles. The first-order valence-electron chi connectivity index (χ1n) is 6.15. The average molecular weight is 389 g/mol. The van der Waals surface area contributed by atoms with E-state index in [0.29, 0.717) is 17.7 Å². The zero-order valence-electron chi connectivity index (χ0n) is 10.9. The Bertz CT molecular complexity index is 659. The van der Waals surface area contributed by atoms with Crippen molar-refractivity contribution >= 4 is 51.7 Å². The molecule has 2 rings (SSSR count). The number of nitrogens with one attached hydrogen (secondary N) is 2. The number of H-pyrrole nitrogens is 1. The van der Waals surface area contributed by atoms with E-state index in [1.165, 1.54) is 0 Å². The van der Waals surface area contributed by atoms with Gasteiger partial charge in [0.2, 0.25) is 5.91 Å². The Morgan fingerprint density at radius 2 is 2.26 bits per heavy atom. The normalized spacial score (nSPS) is 11.2. The molecule has 2 N–H and O–H groups in total. The van der Waals surface area contributed by atoms with E-state index in [0.717, 1.165) is 14.6 Å². The van der Waals surface area contributed by atoms with E-state index in [1.807, 2.05) is 30.5 Å². The summed E-state index contributed by atoms with van der Waals surface area (Å²) in [6.07, 6.45) is 0.436. The maximum atomic E-state index is 11.7. The molecule has 0 saturated heterocycles. The van der Waals surface area contributed by atoms with Gasteiger partial charge in [-0.2, -0.15) is 0 Å². The lowest BCUT2D eigenvalue weighted by molar-refractivity contribution is -0.121. The molecule has 0 bridgehead atoms. The lowest BCUT2D eigenvalue weighted by Gasteiger charge is -2.09. The number of aromatic nitrogens is 2. The highest BCUT2D eigenvalue weighted by Crippen LogP contribution is 2.17. The number of aromatic amines is 1. The van der Waals surface area contributed by atoms with Crippen molar-refractivity contribution in [1.29, 1.82) is 0 Å². The van der Waals surface area contributed by atoms with Gasteiger partial charge in [-0.15, -0.1) is 0 Å². The minimum atomic E-state index is 0.0526. The second-order valence-corrected chi connectivity index (χ2v) is 6.35. The highest BCUT2D eigenvalue weighted by atomic mass is 127. The molecule has 102 valence electrons. The Kier molecular flexibility index (Phi) is 4.62. The molecule has 1 amide bonds. The Hall–Kier alpha value is -0.890. The fraction of sp³-hybridized carbons (Fsp3) is 0.385. The van der Waals surface area contributed by atoms with Crippen LogP contribution in [0.25, 0.3) is 11.0 Å². The summed E-state index contributed by atoms with van der Waals surface area (Å²) in [7, 11) is 0. The Morgan fingerprint density at radius 3 is 2.95 bits per heavy atom. The van der Waals surface area contributed by atoms with Gasteiger partial charge in [0, 0.05) is 22.6 Å². The van der Waals surface area contributed by atoms with Crippen LogP contribution in [0, 0.1) is 8.34 Å². The van der Waals surface area contributed by atoms with Crippen molar-refractivity contribution in [3.8, 4) is 0 Å². The standard InChI is InChI=1S/C13H16IN3OS/c1-8(2)15-12(18)5-6-17-11-4-3-9(14)7-10(11)16-13(17)19/h3-4,7-8H,5-6H2,1-2H3,(H,15,18)(H,16,19). The summed E-state index contributed by atoms with van der Waals surface area (Å²) in [5.74, 6) is 0.0526. The van der Waals surface area contributed by atoms with Gasteiger partial charge in [0.05, 0.1) is 11.0 Å². The predicted octanol–water partition coefficient (Wildman–Crippen LogP) is 3.22. The molecule has 0 aliphatic heterocycles. The number of rotatable bonds is 4. The van der Waals surface area contributed by atoms with Crippen LogP contribution in [0.4, 0.5) is 0 Å². The predicted molar refractivity (Wildman–Crippen MR) is 87.7 cm³/mol. The SMILES string of the molecule is CC(C)NC(=O)CCn1c(=S)[nH]c2cc(I)ccc21. The molecule has 0 unspecified atom stereocenters. The van der Waals surface area contributed by atoms with E-state index in [4.69, 9.17) is 12.2 Å². The zero-order chi connectivity index (χ0) is 14.0. The number of carbonyl (C=O) groups is 1. The number of aryl methyl sites for hydroxylation is 1. The third kappa shape index (κ3) is 3.56. The number of carbonyl (C=O) groups excluding carboxylic acids is 1. The maximum Gasteiger partial charge on any atom is 0.221 e. The monoisotopic (exact) mass is 389 g/mol. The molecule has 4 nitrogen and oxygen atoms in total. The molecule has 1 aromatic carbocycles. The molecule has 0 atom stereocenters. The van der Waals surface area contributed by atoms with Gasteiger partial charge >= 0.3 is 0 Å². The van der Waals surface area contributed by atoms with Crippen LogP contribution in [0.3, 0.4) is 0 Å². The van der Waals surface area contributed by atoms with Gasteiger partial charge in [-0.25, -0.2) is 0 Å². The van der Waals surface area contributed by atoms with Crippen LogP contribution in [-0.2, 0) is 11.3 Å². The number of nitrogens with zero attached hydrogens (tertiary/aromatic N) is 1. The molecular formula is C13H16IN3OS. The molecule has 1 heterocycles. The molecule has 0 spiro atoms. The lowest BCUT2D eigenvalue weighted by Crippen LogP contribution is -2.30. The van der Waals surface area contributed by atoms with Crippen molar-refractivity contribution in [3.05, 3.63) is 26.5 Å². The first-order chi connectivity index (χ1) is 8.97. The first kappa shape index (κ1) is 14.5. The summed E-state index contributed by atoms with van der Waals surface area (Å²) in [6, 6.07) is 6.29. The summed E-state index contributed by atoms with van der Waals surface area (Å²) < 4.78 is 3.79. The third-order valence-corrected chi connectivity index (χ3v) is 3.74. The highest BCUT2D eigenvalue weighted by Gasteiger charge is 2.08. The fourth-order valence-electron chi connectivity index (χ4n) is 1.97. The molecule has 0 fully saturated rings. The molecule has 0 saturated carbocycles. The molecule has 0 radical (unpaired) electrons. The van der Waals surface area contributed by atoms with E-state index >= 15 is 0 Å². The second-order valence-electron chi connectivity index (χ2n) is 4.72. The largest absolute Gasteiger partial charge is 0.354 e.